The van der Waals surface area contributed by atoms with E-state index in [1.165, 1.54) is 0 Å². The lowest BCUT2D eigenvalue weighted by molar-refractivity contribution is 0.0688. The number of aromatic nitrogens is 3. The van der Waals surface area contributed by atoms with Gasteiger partial charge in [0.15, 0.2) is 5.69 Å². The Hall–Kier alpha value is -1.47. The Morgan fingerprint density at radius 1 is 1.32 bits per heavy atom. The Balaban J connectivity index is 2.58. The molecule has 1 rings (SSSR count). The first-order valence-corrected chi connectivity index (χ1v) is 6.46. The van der Waals surface area contributed by atoms with E-state index in [1.54, 1.807) is 11.8 Å². The van der Waals surface area contributed by atoms with Crippen LogP contribution in [0, 0.1) is 0 Å². The number of aliphatic hydroxyl groups is 1. The molecule has 1 aromatic heterocycles. The van der Waals surface area contributed by atoms with Crippen molar-refractivity contribution in [3.05, 3.63) is 11.4 Å². The molecular weight excluding hydrogens is 250 g/mol. The van der Waals surface area contributed by atoms with Gasteiger partial charge in [0, 0.05) is 26.7 Å². The van der Waals surface area contributed by atoms with Crippen LogP contribution in [0.1, 0.15) is 41.9 Å². The normalized spacial score (nSPS) is 10.8. The molecule has 0 unspecified atom stereocenters. The van der Waals surface area contributed by atoms with Crippen LogP contribution in [0.5, 0.6) is 0 Å². The summed E-state index contributed by atoms with van der Waals surface area (Å²) < 4.78 is 6.61. The van der Waals surface area contributed by atoms with Crippen molar-refractivity contribution in [2.75, 3.05) is 20.3 Å². The molecule has 0 amide bonds. The number of rotatable bonds is 10. The number of carboxylic acid groups (broad SMARTS) is 1. The van der Waals surface area contributed by atoms with Gasteiger partial charge in [0.2, 0.25) is 0 Å². The molecule has 7 heteroatoms. The van der Waals surface area contributed by atoms with E-state index in [4.69, 9.17) is 14.9 Å². The molecule has 2 N–H and O–H groups in total. The Labute approximate surface area is 112 Å². The summed E-state index contributed by atoms with van der Waals surface area (Å²) in [6, 6.07) is 0. The van der Waals surface area contributed by atoms with E-state index in [9.17, 15) is 4.79 Å². The Morgan fingerprint density at radius 2 is 2.05 bits per heavy atom. The van der Waals surface area contributed by atoms with E-state index in [1.807, 2.05) is 0 Å². The van der Waals surface area contributed by atoms with E-state index in [-0.39, 0.29) is 12.3 Å². The predicted molar refractivity (Wildman–Crippen MR) is 68.1 cm³/mol. The van der Waals surface area contributed by atoms with Crippen LogP contribution in [0.25, 0.3) is 0 Å². The van der Waals surface area contributed by atoms with Crippen molar-refractivity contribution in [1.29, 1.82) is 0 Å². The van der Waals surface area contributed by atoms with Crippen LogP contribution in [0.2, 0.25) is 0 Å². The summed E-state index contributed by atoms with van der Waals surface area (Å²) in [6.45, 7) is 1.30. The van der Waals surface area contributed by atoms with Gasteiger partial charge in [-0.05, 0) is 12.8 Å². The molecule has 0 aliphatic heterocycles. The van der Waals surface area contributed by atoms with Gasteiger partial charge in [0.05, 0.1) is 12.3 Å². The van der Waals surface area contributed by atoms with Crippen molar-refractivity contribution in [3.63, 3.8) is 0 Å². The minimum Gasteiger partial charge on any atom is -0.476 e. The Bertz CT molecular complexity index is 392. The highest BCUT2D eigenvalue weighted by Gasteiger charge is 2.18. The van der Waals surface area contributed by atoms with Crippen molar-refractivity contribution in [1.82, 2.24) is 15.0 Å². The average molecular weight is 271 g/mol. The number of carboxylic acids is 1. The number of ether oxygens (including phenoxy) is 1. The molecule has 0 fully saturated rings. The third-order valence-corrected chi connectivity index (χ3v) is 2.86. The van der Waals surface area contributed by atoms with Crippen LogP contribution in [0.15, 0.2) is 0 Å². The zero-order valence-electron chi connectivity index (χ0n) is 11.2. The van der Waals surface area contributed by atoms with Gasteiger partial charge in [-0.2, -0.15) is 0 Å². The summed E-state index contributed by atoms with van der Waals surface area (Å²) in [5.74, 6) is -1.06. The smallest absolute Gasteiger partial charge is 0.358 e. The molecule has 0 saturated heterocycles. The van der Waals surface area contributed by atoms with Gasteiger partial charge in [-0.25, -0.2) is 9.48 Å². The van der Waals surface area contributed by atoms with Crippen molar-refractivity contribution >= 4 is 5.97 Å². The molecule has 19 heavy (non-hydrogen) atoms. The number of methoxy groups -OCH3 is 1. The SMILES string of the molecule is COCCc1c(C(=O)O)nnn1CCCCCCO. The van der Waals surface area contributed by atoms with Crippen molar-refractivity contribution in [3.8, 4) is 0 Å². The second-order valence-corrected chi connectivity index (χ2v) is 4.29. The number of aliphatic hydroxyl groups excluding tert-OH is 1. The number of hydrogen-bond donors (Lipinski definition) is 2. The van der Waals surface area contributed by atoms with Gasteiger partial charge in [0.25, 0.3) is 0 Å². The lowest BCUT2D eigenvalue weighted by atomic mass is 10.2. The van der Waals surface area contributed by atoms with Gasteiger partial charge >= 0.3 is 5.97 Å². The van der Waals surface area contributed by atoms with Gasteiger partial charge in [-0.1, -0.05) is 18.1 Å². The fraction of sp³-hybridized carbons (Fsp3) is 0.750. The number of carbonyl (C=O) groups is 1. The van der Waals surface area contributed by atoms with Gasteiger partial charge in [-0.15, -0.1) is 5.10 Å². The molecule has 7 nitrogen and oxygen atoms in total. The van der Waals surface area contributed by atoms with E-state index in [2.05, 4.69) is 10.3 Å². The number of hydrogen-bond acceptors (Lipinski definition) is 5. The molecular formula is C12H21N3O4. The molecule has 1 aromatic rings. The monoisotopic (exact) mass is 271 g/mol. The summed E-state index contributed by atoms with van der Waals surface area (Å²) in [5.41, 5.74) is 0.615. The maximum absolute atomic E-state index is 11.0. The van der Waals surface area contributed by atoms with Gasteiger partial charge in [0.1, 0.15) is 0 Å². The van der Waals surface area contributed by atoms with E-state index in [0.29, 0.717) is 25.3 Å². The molecule has 0 aliphatic rings. The number of unbranched alkanes of at least 4 members (excludes halogenated alkanes) is 3. The zero-order chi connectivity index (χ0) is 14.1. The molecule has 0 aliphatic carbocycles. The summed E-state index contributed by atoms with van der Waals surface area (Å²) in [5, 5.41) is 25.3. The quantitative estimate of drug-likeness (QED) is 0.608. The third kappa shape index (κ3) is 4.96. The maximum atomic E-state index is 11.0. The van der Waals surface area contributed by atoms with Crippen LogP contribution in [-0.4, -0.2) is 51.5 Å². The molecule has 0 radical (unpaired) electrons. The van der Waals surface area contributed by atoms with Crippen molar-refractivity contribution < 1.29 is 19.7 Å². The first-order valence-electron chi connectivity index (χ1n) is 6.46. The summed E-state index contributed by atoms with van der Waals surface area (Å²) in [6.07, 6.45) is 4.12. The van der Waals surface area contributed by atoms with E-state index in [0.717, 1.165) is 25.7 Å². The standard InChI is InChI=1S/C12H21N3O4/c1-19-9-6-10-11(12(17)18)13-14-15(10)7-4-2-3-5-8-16/h16H,2-9H2,1H3,(H,17,18). The molecule has 1 heterocycles. The Morgan fingerprint density at radius 3 is 2.68 bits per heavy atom. The summed E-state index contributed by atoms with van der Waals surface area (Å²) in [7, 11) is 1.57. The first-order chi connectivity index (χ1) is 9.20. The fourth-order valence-corrected chi connectivity index (χ4v) is 1.85. The molecule has 0 bridgehead atoms. The molecule has 0 saturated carbocycles. The third-order valence-electron chi connectivity index (χ3n) is 2.86. The topological polar surface area (TPSA) is 97.5 Å². The predicted octanol–water partition coefficient (Wildman–Crippen LogP) is 0.718. The molecule has 0 aromatic carbocycles. The highest BCUT2D eigenvalue weighted by atomic mass is 16.5. The zero-order valence-corrected chi connectivity index (χ0v) is 11.2. The highest BCUT2D eigenvalue weighted by Crippen LogP contribution is 2.09. The minimum absolute atomic E-state index is 0.00686. The molecule has 0 spiro atoms. The van der Waals surface area contributed by atoms with Crippen LogP contribution in [0.3, 0.4) is 0 Å². The molecule has 108 valence electrons. The minimum atomic E-state index is -1.06. The number of aryl methyl sites for hydroxylation is 1. The van der Waals surface area contributed by atoms with Crippen molar-refractivity contribution in [2.45, 2.75) is 38.6 Å². The second kappa shape index (κ2) is 8.60. The van der Waals surface area contributed by atoms with Crippen molar-refractivity contribution in [2.24, 2.45) is 0 Å². The lowest BCUT2D eigenvalue weighted by Gasteiger charge is -2.06. The maximum Gasteiger partial charge on any atom is 0.358 e. The fourth-order valence-electron chi connectivity index (χ4n) is 1.85. The molecule has 0 atom stereocenters. The van der Waals surface area contributed by atoms with Gasteiger partial charge < -0.3 is 14.9 Å². The van der Waals surface area contributed by atoms with Crippen LogP contribution < -0.4 is 0 Å². The number of nitrogens with zero attached hydrogens (tertiary/aromatic N) is 3. The Kier molecular flexibility index (Phi) is 7.06. The first kappa shape index (κ1) is 15.6. The largest absolute Gasteiger partial charge is 0.476 e. The second-order valence-electron chi connectivity index (χ2n) is 4.29. The van der Waals surface area contributed by atoms with E-state index >= 15 is 0 Å². The lowest BCUT2D eigenvalue weighted by Crippen LogP contribution is -2.11. The average Bonchev–Trinajstić information content (AvgIpc) is 2.79. The van der Waals surface area contributed by atoms with Crippen LogP contribution in [-0.2, 0) is 17.7 Å². The number of aromatic carboxylic acids is 1. The highest BCUT2D eigenvalue weighted by molar-refractivity contribution is 5.86. The van der Waals surface area contributed by atoms with E-state index < -0.39 is 5.97 Å². The van der Waals surface area contributed by atoms with Crippen LogP contribution in [0.4, 0.5) is 0 Å². The summed E-state index contributed by atoms with van der Waals surface area (Å²) in [4.78, 5) is 11.0. The van der Waals surface area contributed by atoms with Gasteiger partial charge in [-0.3, -0.25) is 0 Å². The van der Waals surface area contributed by atoms with Crippen LogP contribution >= 0.6 is 0 Å². The summed E-state index contributed by atoms with van der Waals surface area (Å²) >= 11 is 0.